The van der Waals surface area contributed by atoms with Crippen molar-refractivity contribution < 1.29 is 4.79 Å². The summed E-state index contributed by atoms with van der Waals surface area (Å²) in [5.74, 6) is 0.601. The van der Waals surface area contributed by atoms with E-state index < -0.39 is 5.41 Å². The Morgan fingerprint density at radius 3 is 2.70 bits per heavy atom. The third kappa shape index (κ3) is 1.16. The highest BCUT2D eigenvalue weighted by molar-refractivity contribution is 5.96. The van der Waals surface area contributed by atoms with E-state index in [1.165, 1.54) is 22.3 Å². The number of hydrogen-bond donors (Lipinski definition) is 1. The van der Waals surface area contributed by atoms with Crippen LogP contribution in [0, 0.1) is 0 Å². The van der Waals surface area contributed by atoms with Crippen LogP contribution < -0.4 is 5.73 Å². The third-order valence-electron chi connectivity index (χ3n) is 5.11. The maximum absolute atomic E-state index is 12.6. The van der Waals surface area contributed by atoms with Gasteiger partial charge in [-0.15, -0.1) is 0 Å². The molecule has 2 aromatic carbocycles. The van der Waals surface area contributed by atoms with Crippen LogP contribution in [0.3, 0.4) is 0 Å². The van der Waals surface area contributed by atoms with Crippen molar-refractivity contribution >= 4 is 5.78 Å². The lowest BCUT2D eigenvalue weighted by Crippen LogP contribution is -2.33. The number of hydrogen-bond acceptors (Lipinski definition) is 2. The Labute approximate surface area is 118 Å². The molecule has 2 atom stereocenters. The lowest BCUT2D eigenvalue weighted by atomic mass is 9.71. The lowest BCUT2D eigenvalue weighted by Gasteiger charge is -2.30. The van der Waals surface area contributed by atoms with Gasteiger partial charge in [0.2, 0.25) is 0 Å². The Morgan fingerprint density at radius 1 is 1.20 bits per heavy atom. The van der Waals surface area contributed by atoms with E-state index >= 15 is 0 Å². The molecule has 0 amide bonds. The highest BCUT2D eigenvalue weighted by Gasteiger charge is 2.56. The lowest BCUT2D eigenvalue weighted by molar-refractivity contribution is -0.120. The molecule has 0 saturated heterocycles. The molecule has 0 saturated carbocycles. The molecule has 2 unspecified atom stereocenters. The molecule has 2 aliphatic rings. The van der Waals surface area contributed by atoms with E-state index in [0.29, 0.717) is 12.5 Å². The van der Waals surface area contributed by atoms with Crippen LogP contribution in [-0.4, -0.2) is 5.78 Å². The zero-order valence-electron chi connectivity index (χ0n) is 11.5. The van der Waals surface area contributed by atoms with Crippen LogP contribution in [0.1, 0.15) is 47.1 Å². The first kappa shape index (κ1) is 11.9. The van der Waals surface area contributed by atoms with Gasteiger partial charge < -0.3 is 5.73 Å². The van der Waals surface area contributed by atoms with Crippen LogP contribution in [0.25, 0.3) is 0 Å². The molecule has 0 radical (unpaired) electrons. The number of Topliss-reactive ketones (excluding diaryl/α,β-unsaturated/α-hetero) is 1. The summed E-state index contributed by atoms with van der Waals surface area (Å²) in [6, 6.07) is 14.7. The van der Waals surface area contributed by atoms with Gasteiger partial charge in [-0.1, -0.05) is 42.5 Å². The fourth-order valence-electron chi connectivity index (χ4n) is 4.34. The molecule has 2 bridgehead atoms. The minimum atomic E-state index is -0.452. The fraction of sp³-hybridized carbons (Fsp3) is 0.278. The molecule has 2 aliphatic carbocycles. The zero-order chi connectivity index (χ0) is 13.9. The number of rotatable bonds is 2. The number of carbonyl (C=O) groups is 1. The van der Waals surface area contributed by atoms with Crippen molar-refractivity contribution in [2.75, 3.05) is 0 Å². The van der Waals surface area contributed by atoms with Crippen LogP contribution in [0.15, 0.2) is 42.5 Å². The van der Waals surface area contributed by atoms with Gasteiger partial charge in [0.1, 0.15) is 5.78 Å². The summed E-state index contributed by atoms with van der Waals surface area (Å²) in [5, 5.41) is 0. The maximum Gasteiger partial charge on any atom is 0.144 e. The van der Waals surface area contributed by atoms with Gasteiger partial charge in [0, 0.05) is 12.5 Å². The van der Waals surface area contributed by atoms with Gasteiger partial charge in [-0.3, -0.25) is 4.79 Å². The molecule has 0 aromatic heterocycles. The quantitative estimate of drug-likeness (QED) is 0.905. The van der Waals surface area contributed by atoms with E-state index in [2.05, 4.69) is 36.4 Å². The zero-order valence-corrected chi connectivity index (χ0v) is 11.5. The van der Waals surface area contributed by atoms with Crippen molar-refractivity contribution in [3.8, 4) is 0 Å². The molecule has 4 rings (SSSR count). The van der Waals surface area contributed by atoms with Crippen molar-refractivity contribution in [2.45, 2.75) is 31.2 Å². The van der Waals surface area contributed by atoms with Crippen LogP contribution in [0.2, 0.25) is 0 Å². The largest absolute Gasteiger partial charge is 0.326 e. The Balaban J connectivity index is 2.11. The van der Waals surface area contributed by atoms with Crippen molar-refractivity contribution in [1.82, 2.24) is 0 Å². The summed E-state index contributed by atoms with van der Waals surface area (Å²) in [5.41, 5.74) is 11.6. The monoisotopic (exact) mass is 263 g/mol. The Bertz CT molecular complexity index is 734. The third-order valence-corrected chi connectivity index (χ3v) is 5.11. The first-order valence-corrected chi connectivity index (χ1v) is 7.13. The maximum atomic E-state index is 12.6. The van der Waals surface area contributed by atoms with Crippen LogP contribution in [-0.2, 0) is 16.8 Å². The summed E-state index contributed by atoms with van der Waals surface area (Å²) in [7, 11) is 0. The molecular formula is C18H17NO. The standard InChI is InChI=1S/C18H17NO/c1-11(20)18-9-15(13-6-2-3-8-16(13)18)14-7-4-5-12(10-19)17(14)18/h2-8,15H,9-10,19H2,1H3. The van der Waals surface area contributed by atoms with E-state index in [9.17, 15) is 4.79 Å². The summed E-state index contributed by atoms with van der Waals surface area (Å²) in [6.45, 7) is 2.22. The predicted octanol–water partition coefficient (Wildman–Crippen LogP) is 2.87. The molecule has 2 aromatic rings. The van der Waals surface area contributed by atoms with Crippen molar-refractivity contribution in [2.24, 2.45) is 5.73 Å². The number of fused-ring (bicyclic) bond motifs is 8. The molecule has 0 aliphatic heterocycles. The number of benzene rings is 2. The summed E-state index contributed by atoms with van der Waals surface area (Å²) >= 11 is 0. The van der Waals surface area contributed by atoms with Crippen molar-refractivity contribution in [3.63, 3.8) is 0 Å². The Hall–Kier alpha value is -1.93. The first-order valence-electron chi connectivity index (χ1n) is 7.13. The molecule has 2 nitrogen and oxygen atoms in total. The average molecular weight is 263 g/mol. The molecule has 0 spiro atoms. The summed E-state index contributed by atoms with van der Waals surface area (Å²) in [6.07, 6.45) is 0.883. The smallest absolute Gasteiger partial charge is 0.144 e. The van der Waals surface area contributed by atoms with E-state index in [1.807, 2.05) is 6.07 Å². The van der Waals surface area contributed by atoms with Gasteiger partial charge in [0.05, 0.1) is 5.41 Å². The SMILES string of the molecule is CC(=O)C12CC(c3ccccc31)c1cccc(CN)c12. The summed E-state index contributed by atoms with van der Waals surface area (Å²) < 4.78 is 0. The number of nitrogens with two attached hydrogens (primary N) is 1. The second-order valence-electron chi connectivity index (χ2n) is 5.89. The van der Waals surface area contributed by atoms with Crippen molar-refractivity contribution in [3.05, 3.63) is 70.3 Å². The van der Waals surface area contributed by atoms with E-state index in [4.69, 9.17) is 5.73 Å². The summed E-state index contributed by atoms with van der Waals surface area (Å²) in [4.78, 5) is 12.6. The van der Waals surface area contributed by atoms with Gasteiger partial charge in [-0.05, 0) is 41.2 Å². The normalized spacial score (nSPS) is 25.4. The molecule has 2 N–H and O–H groups in total. The average Bonchev–Trinajstić information content (AvgIpc) is 3.01. The highest BCUT2D eigenvalue weighted by atomic mass is 16.1. The van der Waals surface area contributed by atoms with Gasteiger partial charge in [-0.25, -0.2) is 0 Å². The molecule has 0 fully saturated rings. The molecule has 0 heterocycles. The van der Waals surface area contributed by atoms with Crippen LogP contribution >= 0.6 is 0 Å². The van der Waals surface area contributed by atoms with Gasteiger partial charge in [0.25, 0.3) is 0 Å². The van der Waals surface area contributed by atoms with Gasteiger partial charge in [0.15, 0.2) is 0 Å². The Morgan fingerprint density at radius 2 is 1.95 bits per heavy atom. The van der Waals surface area contributed by atoms with Crippen LogP contribution in [0.5, 0.6) is 0 Å². The van der Waals surface area contributed by atoms with Crippen molar-refractivity contribution in [1.29, 1.82) is 0 Å². The molecular weight excluding hydrogens is 246 g/mol. The van der Waals surface area contributed by atoms with E-state index in [1.54, 1.807) is 6.92 Å². The van der Waals surface area contributed by atoms with E-state index in [-0.39, 0.29) is 5.78 Å². The molecule has 100 valence electrons. The minimum Gasteiger partial charge on any atom is -0.326 e. The fourth-order valence-corrected chi connectivity index (χ4v) is 4.34. The highest BCUT2D eigenvalue weighted by Crippen LogP contribution is 2.61. The Kier molecular flexibility index (Phi) is 2.25. The molecule has 2 heteroatoms. The molecule has 20 heavy (non-hydrogen) atoms. The topological polar surface area (TPSA) is 43.1 Å². The second-order valence-corrected chi connectivity index (χ2v) is 5.89. The van der Waals surface area contributed by atoms with Gasteiger partial charge >= 0.3 is 0 Å². The first-order chi connectivity index (χ1) is 9.70. The minimum absolute atomic E-state index is 0.243. The second kappa shape index (κ2) is 3.80. The van der Waals surface area contributed by atoms with Gasteiger partial charge in [-0.2, -0.15) is 0 Å². The van der Waals surface area contributed by atoms with E-state index in [0.717, 1.165) is 12.0 Å². The van der Waals surface area contributed by atoms with Crippen LogP contribution in [0.4, 0.5) is 0 Å². The number of ketones is 1. The predicted molar refractivity (Wildman–Crippen MR) is 78.7 cm³/mol. The number of carbonyl (C=O) groups excluding carboxylic acids is 1.